The molecule has 1 N–H and O–H groups in total. The summed E-state index contributed by atoms with van der Waals surface area (Å²) in [6, 6.07) is 15.1. The molecule has 1 amide bonds. The third-order valence-corrected chi connectivity index (χ3v) is 6.62. The first-order valence-corrected chi connectivity index (χ1v) is 12.1. The lowest BCUT2D eigenvalue weighted by molar-refractivity contribution is -0.140. The maximum atomic E-state index is 13.3. The second-order valence-corrected chi connectivity index (χ2v) is 9.00. The van der Waals surface area contributed by atoms with Gasteiger partial charge in [-0.25, -0.2) is 0 Å². The lowest BCUT2D eigenvalue weighted by Crippen LogP contribution is -2.29. The molecule has 1 atom stereocenters. The quantitative estimate of drug-likeness (QED) is 0.251. The molecule has 4 rings (SSSR count). The molecule has 1 aromatic heterocycles. The maximum absolute atomic E-state index is 13.3. The number of carbonyl (C=O) groups excluding carboxylic acids is 2. The Hall–Kier alpha value is -3.78. The van der Waals surface area contributed by atoms with Crippen molar-refractivity contribution in [3.8, 4) is 17.2 Å². The van der Waals surface area contributed by atoms with Crippen LogP contribution in [-0.4, -0.2) is 42.5 Å². The van der Waals surface area contributed by atoms with Crippen molar-refractivity contribution >= 4 is 28.8 Å². The molecule has 2 heterocycles. The number of carbonyl (C=O) groups is 2. The summed E-state index contributed by atoms with van der Waals surface area (Å²) in [5, 5.41) is 13.3. The summed E-state index contributed by atoms with van der Waals surface area (Å²) in [4.78, 5) is 29.0. The molecule has 0 bridgehead atoms. The van der Waals surface area contributed by atoms with Gasteiger partial charge in [0, 0.05) is 16.0 Å². The molecule has 35 heavy (non-hydrogen) atoms. The SMILES string of the molecule is CCCOc1cccc(/C(O)=C2\C(=O)C(=O)N(Cc3cccs3)C2c2cccc(OC)c2OC)c1. The van der Waals surface area contributed by atoms with E-state index in [0.717, 1.165) is 11.3 Å². The van der Waals surface area contributed by atoms with E-state index < -0.39 is 17.7 Å². The number of aliphatic hydroxyl groups excluding tert-OH is 1. The van der Waals surface area contributed by atoms with Crippen LogP contribution in [-0.2, 0) is 16.1 Å². The Morgan fingerprint density at radius 3 is 2.54 bits per heavy atom. The van der Waals surface area contributed by atoms with Crippen LogP contribution in [0.1, 0.15) is 35.4 Å². The van der Waals surface area contributed by atoms with E-state index in [1.54, 1.807) is 42.5 Å². The van der Waals surface area contributed by atoms with Crippen molar-refractivity contribution in [3.05, 3.63) is 81.6 Å². The minimum Gasteiger partial charge on any atom is -0.507 e. The third kappa shape index (κ3) is 4.74. The molecule has 1 aliphatic rings. The standard InChI is InChI=1S/C27H27NO6S/c1-4-13-34-18-9-5-8-17(15-18)24(29)22-23(20-11-6-12-21(32-2)26(20)33-3)28(27(31)25(22)30)16-19-10-7-14-35-19/h5-12,14-15,23,29H,4,13,16H2,1-3H3/b24-22+. The molecular weight excluding hydrogens is 466 g/mol. The van der Waals surface area contributed by atoms with Crippen molar-refractivity contribution in [2.45, 2.75) is 25.9 Å². The van der Waals surface area contributed by atoms with Gasteiger partial charge in [-0.2, -0.15) is 0 Å². The number of para-hydroxylation sites is 1. The lowest BCUT2D eigenvalue weighted by Gasteiger charge is -2.26. The smallest absolute Gasteiger partial charge is 0.295 e. The van der Waals surface area contributed by atoms with Gasteiger partial charge in [-0.1, -0.05) is 37.3 Å². The Bertz CT molecular complexity index is 1250. The Balaban J connectivity index is 1.89. The van der Waals surface area contributed by atoms with Crippen molar-refractivity contribution in [2.24, 2.45) is 0 Å². The normalized spacial score (nSPS) is 17.0. The average Bonchev–Trinajstić information content (AvgIpc) is 3.49. The topological polar surface area (TPSA) is 85.3 Å². The fraction of sp³-hybridized carbons (Fsp3) is 0.259. The molecule has 0 spiro atoms. The zero-order valence-corrected chi connectivity index (χ0v) is 20.6. The van der Waals surface area contributed by atoms with Gasteiger partial charge in [-0.3, -0.25) is 9.59 Å². The van der Waals surface area contributed by atoms with Gasteiger partial charge in [0.15, 0.2) is 11.5 Å². The van der Waals surface area contributed by atoms with Crippen molar-refractivity contribution in [1.29, 1.82) is 0 Å². The van der Waals surface area contributed by atoms with Crippen LogP contribution in [0.15, 0.2) is 65.6 Å². The van der Waals surface area contributed by atoms with Crippen LogP contribution in [0.2, 0.25) is 0 Å². The van der Waals surface area contributed by atoms with Gasteiger partial charge in [0.1, 0.15) is 11.5 Å². The van der Waals surface area contributed by atoms with Crippen LogP contribution in [0.4, 0.5) is 0 Å². The second-order valence-electron chi connectivity index (χ2n) is 7.97. The average molecular weight is 494 g/mol. The molecular formula is C27H27NO6S. The maximum Gasteiger partial charge on any atom is 0.295 e. The van der Waals surface area contributed by atoms with E-state index >= 15 is 0 Å². The monoisotopic (exact) mass is 493 g/mol. The molecule has 1 fully saturated rings. The first-order valence-electron chi connectivity index (χ1n) is 11.2. The zero-order chi connectivity index (χ0) is 24.9. The van der Waals surface area contributed by atoms with Crippen LogP contribution >= 0.6 is 11.3 Å². The van der Waals surface area contributed by atoms with E-state index in [4.69, 9.17) is 14.2 Å². The molecule has 1 unspecified atom stereocenters. The molecule has 0 aliphatic carbocycles. The summed E-state index contributed by atoms with van der Waals surface area (Å²) in [7, 11) is 3.02. The zero-order valence-electron chi connectivity index (χ0n) is 19.8. The Labute approximate surface area is 208 Å². The predicted molar refractivity (Wildman–Crippen MR) is 134 cm³/mol. The van der Waals surface area contributed by atoms with E-state index in [1.807, 2.05) is 24.4 Å². The number of rotatable bonds is 9. The number of likely N-dealkylation sites (tertiary alicyclic amines) is 1. The molecule has 8 heteroatoms. The van der Waals surface area contributed by atoms with Gasteiger partial charge in [-0.05, 0) is 36.1 Å². The van der Waals surface area contributed by atoms with Gasteiger partial charge in [0.25, 0.3) is 11.7 Å². The van der Waals surface area contributed by atoms with Gasteiger partial charge in [-0.15, -0.1) is 11.3 Å². The number of ketones is 1. The summed E-state index contributed by atoms with van der Waals surface area (Å²) < 4.78 is 16.8. The number of nitrogens with zero attached hydrogens (tertiary/aromatic N) is 1. The highest BCUT2D eigenvalue weighted by Gasteiger charge is 2.47. The van der Waals surface area contributed by atoms with Crippen LogP contribution in [0.3, 0.4) is 0 Å². The van der Waals surface area contributed by atoms with E-state index in [9.17, 15) is 14.7 Å². The molecule has 182 valence electrons. The molecule has 1 saturated heterocycles. The number of benzene rings is 2. The first kappa shape index (κ1) is 24.3. The fourth-order valence-electron chi connectivity index (χ4n) is 4.17. The summed E-state index contributed by atoms with van der Waals surface area (Å²) in [5.74, 6) is -0.291. The Kier molecular flexibility index (Phi) is 7.41. The van der Waals surface area contributed by atoms with Gasteiger partial charge in [0.2, 0.25) is 0 Å². The van der Waals surface area contributed by atoms with Crippen molar-refractivity contribution in [3.63, 3.8) is 0 Å². The second kappa shape index (κ2) is 10.7. The Morgan fingerprint density at radius 1 is 1.06 bits per heavy atom. The summed E-state index contributed by atoms with van der Waals surface area (Å²) in [6.45, 7) is 2.74. The Morgan fingerprint density at radius 2 is 1.86 bits per heavy atom. The number of aliphatic hydroxyl groups is 1. The summed E-state index contributed by atoms with van der Waals surface area (Å²) in [5.41, 5.74) is 0.924. The number of ether oxygens (including phenoxy) is 3. The van der Waals surface area contributed by atoms with Gasteiger partial charge >= 0.3 is 0 Å². The van der Waals surface area contributed by atoms with E-state index in [-0.39, 0.29) is 17.9 Å². The van der Waals surface area contributed by atoms with Crippen LogP contribution in [0, 0.1) is 0 Å². The minimum absolute atomic E-state index is 0.00856. The predicted octanol–water partition coefficient (Wildman–Crippen LogP) is 5.18. The molecule has 3 aromatic rings. The minimum atomic E-state index is -0.873. The highest BCUT2D eigenvalue weighted by molar-refractivity contribution is 7.09. The van der Waals surface area contributed by atoms with E-state index in [2.05, 4.69) is 0 Å². The van der Waals surface area contributed by atoms with Crippen molar-refractivity contribution < 1.29 is 28.9 Å². The molecule has 7 nitrogen and oxygen atoms in total. The molecule has 0 saturated carbocycles. The largest absolute Gasteiger partial charge is 0.507 e. The number of hydrogen-bond donors (Lipinski definition) is 1. The van der Waals surface area contributed by atoms with Crippen LogP contribution < -0.4 is 14.2 Å². The summed E-state index contributed by atoms with van der Waals surface area (Å²) in [6.07, 6.45) is 0.833. The number of thiophene rings is 1. The van der Waals surface area contributed by atoms with Crippen LogP contribution in [0.25, 0.3) is 5.76 Å². The molecule has 2 aromatic carbocycles. The number of Topliss-reactive ketones (excluding diaryl/α,β-unsaturated/α-hetero) is 1. The highest BCUT2D eigenvalue weighted by atomic mass is 32.1. The van der Waals surface area contributed by atoms with Gasteiger partial charge < -0.3 is 24.2 Å². The summed E-state index contributed by atoms with van der Waals surface area (Å²) >= 11 is 1.49. The van der Waals surface area contributed by atoms with Crippen molar-refractivity contribution in [2.75, 3.05) is 20.8 Å². The third-order valence-electron chi connectivity index (χ3n) is 5.75. The van der Waals surface area contributed by atoms with E-state index in [1.165, 1.54) is 30.5 Å². The molecule has 0 radical (unpaired) electrons. The molecule has 1 aliphatic heterocycles. The lowest BCUT2D eigenvalue weighted by atomic mass is 9.94. The fourth-order valence-corrected chi connectivity index (χ4v) is 4.88. The number of amides is 1. The van der Waals surface area contributed by atoms with Gasteiger partial charge in [0.05, 0.1) is 39.0 Å². The van der Waals surface area contributed by atoms with E-state index in [0.29, 0.717) is 35.0 Å². The number of methoxy groups -OCH3 is 2. The van der Waals surface area contributed by atoms with Crippen LogP contribution in [0.5, 0.6) is 17.2 Å². The number of hydrogen-bond acceptors (Lipinski definition) is 7. The first-order chi connectivity index (χ1) is 17.0. The van der Waals surface area contributed by atoms with Crippen molar-refractivity contribution in [1.82, 2.24) is 4.90 Å². The highest BCUT2D eigenvalue weighted by Crippen LogP contribution is 2.46.